The second kappa shape index (κ2) is 7.15. The van der Waals surface area contributed by atoms with E-state index >= 15 is 0 Å². The molecule has 0 radical (unpaired) electrons. The summed E-state index contributed by atoms with van der Waals surface area (Å²) < 4.78 is 21.3. The van der Waals surface area contributed by atoms with Crippen molar-refractivity contribution in [2.75, 3.05) is 7.11 Å². The number of benzene rings is 2. The van der Waals surface area contributed by atoms with E-state index < -0.39 is 5.56 Å². The number of para-hydroxylation sites is 1. The van der Waals surface area contributed by atoms with Crippen LogP contribution in [-0.4, -0.2) is 27.2 Å². The molecule has 0 saturated carbocycles. The van der Waals surface area contributed by atoms with Gasteiger partial charge in [0.05, 0.1) is 12.6 Å². The van der Waals surface area contributed by atoms with Crippen LogP contribution in [0.2, 0.25) is 0 Å². The van der Waals surface area contributed by atoms with Gasteiger partial charge >= 0.3 is 0 Å². The minimum atomic E-state index is -0.424. The van der Waals surface area contributed by atoms with Gasteiger partial charge in [-0.3, -0.25) is 14.0 Å². The van der Waals surface area contributed by atoms with Gasteiger partial charge in [0.1, 0.15) is 30.0 Å². The summed E-state index contributed by atoms with van der Waals surface area (Å²) in [6.07, 6.45) is 1.45. The molecule has 0 aliphatic carbocycles. The number of hydrogen-bond donors (Lipinski definition) is 1. The average molecular weight is 380 g/mol. The van der Waals surface area contributed by atoms with E-state index in [0.717, 1.165) is 10.2 Å². The fourth-order valence-electron chi connectivity index (χ4n) is 3.14. The molecule has 7 nitrogen and oxygen atoms in total. The Balaban J connectivity index is 1.56. The molecule has 0 fully saturated rings. The van der Waals surface area contributed by atoms with Crippen LogP contribution in [0.5, 0.6) is 5.75 Å². The van der Waals surface area contributed by atoms with Crippen molar-refractivity contribution in [3.63, 3.8) is 0 Å². The number of nitrogens with one attached hydrogen (secondary N) is 1. The quantitative estimate of drug-likeness (QED) is 0.575. The molecule has 0 saturated heterocycles. The second-order valence-electron chi connectivity index (χ2n) is 6.29. The summed E-state index contributed by atoms with van der Waals surface area (Å²) in [7, 11) is 1.56. The molecule has 8 heteroatoms. The molecular formula is C20H17FN4O3. The van der Waals surface area contributed by atoms with Gasteiger partial charge < -0.3 is 10.1 Å². The van der Waals surface area contributed by atoms with E-state index in [0.29, 0.717) is 22.2 Å². The lowest BCUT2D eigenvalue weighted by atomic mass is 10.2. The molecule has 1 N–H and O–H groups in total. The first kappa shape index (κ1) is 17.7. The van der Waals surface area contributed by atoms with Crippen LogP contribution in [0.25, 0.3) is 16.4 Å². The molecule has 0 bridgehead atoms. The van der Waals surface area contributed by atoms with Crippen molar-refractivity contribution in [2.24, 2.45) is 0 Å². The summed E-state index contributed by atoms with van der Waals surface area (Å²) in [5.74, 6) is -0.0639. The lowest BCUT2D eigenvalue weighted by Crippen LogP contribution is -2.34. The Morgan fingerprint density at radius 1 is 1.18 bits per heavy atom. The smallest absolute Gasteiger partial charge is 0.291 e. The van der Waals surface area contributed by atoms with Crippen LogP contribution in [0.4, 0.5) is 4.39 Å². The number of nitrogens with zero attached hydrogens (tertiary/aromatic N) is 3. The first-order valence-corrected chi connectivity index (χ1v) is 8.62. The van der Waals surface area contributed by atoms with E-state index in [2.05, 4.69) is 10.4 Å². The van der Waals surface area contributed by atoms with Crippen LogP contribution in [0.15, 0.2) is 59.7 Å². The Morgan fingerprint density at radius 3 is 2.82 bits per heavy atom. The van der Waals surface area contributed by atoms with Crippen molar-refractivity contribution < 1.29 is 13.9 Å². The number of hydrogen-bond acceptors (Lipinski definition) is 4. The molecule has 0 aliphatic rings. The summed E-state index contributed by atoms with van der Waals surface area (Å²) in [6.45, 7) is 0.0501. The van der Waals surface area contributed by atoms with E-state index in [1.807, 2.05) is 24.3 Å². The first-order chi connectivity index (χ1) is 13.6. The molecule has 1 amide bonds. The zero-order valence-electron chi connectivity index (χ0n) is 15.1. The van der Waals surface area contributed by atoms with Crippen LogP contribution >= 0.6 is 0 Å². The fraction of sp³-hybridized carbons (Fsp3) is 0.150. The van der Waals surface area contributed by atoms with Crippen LogP contribution in [0, 0.1) is 5.82 Å². The monoisotopic (exact) mass is 380 g/mol. The molecule has 142 valence electrons. The summed E-state index contributed by atoms with van der Waals surface area (Å²) in [5, 5.41) is 7.42. The predicted octanol–water partition coefficient (Wildman–Crippen LogP) is 2.11. The van der Waals surface area contributed by atoms with Gasteiger partial charge in [0.2, 0.25) is 5.91 Å². The standard InChI is InChI=1S/C20H17FN4O3/c1-28-18-5-3-2-4-13(18)10-22-19(26)11-25-20(27)17-9-14-8-15(21)6-7-16(14)24(17)12-23-25/h2-9,12H,10-11H2,1H3,(H,22,26). The van der Waals surface area contributed by atoms with Gasteiger partial charge in [0.15, 0.2) is 0 Å². The summed E-state index contributed by atoms with van der Waals surface area (Å²) in [5.41, 5.74) is 1.41. The molecular weight excluding hydrogens is 363 g/mol. The van der Waals surface area contributed by atoms with Crippen molar-refractivity contribution >= 4 is 22.3 Å². The third-order valence-electron chi connectivity index (χ3n) is 4.52. The maximum atomic E-state index is 13.4. The first-order valence-electron chi connectivity index (χ1n) is 8.62. The van der Waals surface area contributed by atoms with Gasteiger partial charge in [-0.25, -0.2) is 9.07 Å². The SMILES string of the molecule is COc1ccccc1CNC(=O)Cn1ncn2c(cc3cc(F)ccc32)c1=O. The Bertz CT molecular complexity index is 1250. The number of ether oxygens (including phenoxy) is 1. The highest BCUT2D eigenvalue weighted by atomic mass is 19.1. The molecule has 4 rings (SSSR count). The molecule has 0 spiro atoms. The number of rotatable bonds is 5. The van der Waals surface area contributed by atoms with Crippen LogP contribution < -0.4 is 15.6 Å². The average Bonchev–Trinajstić information content (AvgIpc) is 3.07. The fourth-order valence-corrected chi connectivity index (χ4v) is 3.14. The van der Waals surface area contributed by atoms with Gasteiger partial charge in [0.25, 0.3) is 5.56 Å². The molecule has 0 atom stereocenters. The van der Waals surface area contributed by atoms with Crippen LogP contribution in [-0.2, 0) is 17.9 Å². The lowest BCUT2D eigenvalue weighted by Gasteiger charge is -2.10. The number of amides is 1. The number of halogens is 1. The van der Waals surface area contributed by atoms with Crippen molar-refractivity contribution in [1.82, 2.24) is 19.5 Å². The molecule has 2 aromatic carbocycles. The van der Waals surface area contributed by atoms with Crippen molar-refractivity contribution in [2.45, 2.75) is 13.1 Å². The van der Waals surface area contributed by atoms with Crippen LogP contribution in [0.3, 0.4) is 0 Å². The normalized spacial score (nSPS) is 11.1. The molecule has 2 heterocycles. The van der Waals surface area contributed by atoms with Gasteiger partial charge in [-0.15, -0.1) is 0 Å². The van der Waals surface area contributed by atoms with E-state index in [-0.39, 0.29) is 24.8 Å². The second-order valence-corrected chi connectivity index (χ2v) is 6.29. The number of carbonyl (C=O) groups is 1. The molecule has 2 aromatic heterocycles. The topological polar surface area (TPSA) is 77.6 Å². The number of fused-ring (bicyclic) bond motifs is 3. The zero-order chi connectivity index (χ0) is 19.7. The summed E-state index contributed by atoms with van der Waals surface area (Å²) in [6, 6.07) is 13.2. The van der Waals surface area contributed by atoms with E-state index in [4.69, 9.17) is 4.74 Å². The predicted molar refractivity (Wildman–Crippen MR) is 102 cm³/mol. The Hall–Kier alpha value is -3.68. The Kier molecular flexibility index (Phi) is 4.52. The van der Waals surface area contributed by atoms with Crippen LogP contribution in [0.1, 0.15) is 5.56 Å². The zero-order valence-corrected chi connectivity index (χ0v) is 15.1. The van der Waals surface area contributed by atoms with Crippen molar-refractivity contribution in [1.29, 1.82) is 0 Å². The molecule has 0 unspecified atom stereocenters. The largest absolute Gasteiger partial charge is 0.496 e. The van der Waals surface area contributed by atoms with Gasteiger partial charge in [-0.05, 0) is 30.3 Å². The highest BCUT2D eigenvalue weighted by Crippen LogP contribution is 2.19. The van der Waals surface area contributed by atoms with Gasteiger partial charge in [-0.1, -0.05) is 18.2 Å². The Morgan fingerprint density at radius 2 is 2.00 bits per heavy atom. The highest BCUT2D eigenvalue weighted by Gasteiger charge is 2.12. The highest BCUT2D eigenvalue weighted by molar-refractivity contribution is 5.86. The number of carbonyl (C=O) groups excluding carboxylic acids is 1. The maximum absolute atomic E-state index is 13.4. The third kappa shape index (κ3) is 3.20. The van der Waals surface area contributed by atoms with Crippen molar-refractivity contribution in [3.8, 4) is 5.75 Å². The summed E-state index contributed by atoms with van der Waals surface area (Å²) in [4.78, 5) is 25.0. The molecule has 4 aromatic rings. The van der Waals surface area contributed by atoms with Gasteiger partial charge in [0, 0.05) is 17.5 Å². The minimum absolute atomic E-state index is 0.222. The maximum Gasteiger partial charge on any atom is 0.291 e. The minimum Gasteiger partial charge on any atom is -0.496 e. The third-order valence-corrected chi connectivity index (χ3v) is 4.52. The Labute approximate surface area is 159 Å². The van der Waals surface area contributed by atoms with Gasteiger partial charge in [-0.2, -0.15) is 5.10 Å². The summed E-state index contributed by atoms with van der Waals surface area (Å²) >= 11 is 0. The van der Waals surface area contributed by atoms with E-state index in [9.17, 15) is 14.0 Å². The van der Waals surface area contributed by atoms with E-state index in [1.54, 1.807) is 23.6 Å². The lowest BCUT2D eigenvalue weighted by molar-refractivity contribution is -0.122. The number of methoxy groups -OCH3 is 1. The van der Waals surface area contributed by atoms with E-state index in [1.165, 1.54) is 18.5 Å². The molecule has 0 aliphatic heterocycles. The van der Waals surface area contributed by atoms with Crippen molar-refractivity contribution in [3.05, 3.63) is 76.6 Å². The number of aromatic nitrogens is 3. The molecule has 28 heavy (non-hydrogen) atoms.